The summed E-state index contributed by atoms with van der Waals surface area (Å²) in [6.07, 6.45) is 1.56. The second-order valence-corrected chi connectivity index (χ2v) is 8.89. The van der Waals surface area contributed by atoms with E-state index in [0.717, 1.165) is 22.2 Å². The zero-order chi connectivity index (χ0) is 26.5. The molecule has 3 aromatic rings. The first-order valence-electron chi connectivity index (χ1n) is 10.9. The van der Waals surface area contributed by atoms with Crippen molar-refractivity contribution in [2.45, 2.75) is 13.2 Å². The molecule has 2 amide bonds. The van der Waals surface area contributed by atoms with Crippen molar-refractivity contribution in [1.29, 1.82) is 0 Å². The van der Waals surface area contributed by atoms with Gasteiger partial charge in [-0.15, -0.1) is 0 Å². The van der Waals surface area contributed by atoms with Gasteiger partial charge < -0.3 is 14.6 Å². The average Bonchev–Trinajstić information content (AvgIpc) is 3.15. The van der Waals surface area contributed by atoms with Crippen LogP contribution in [0.15, 0.2) is 71.6 Å². The lowest BCUT2D eigenvalue weighted by Gasteiger charge is -2.12. The molecule has 0 saturated carbocycles. The molecule has 4 rings (SSSR count). The van der Waals surface area contributed by atoms with Crippen LogP contribution < -0.4 is 9.47 Å². The van der Waals surface area contributed by atoms with Gasteiger partial charge in [-0.3, -0.25) is 24.6 Å². The molecule has 1 fully saturated rings. The van der Waals surface area contributed by atoms with Crippen LogP contribution in [0, 0.1) is 10.1 Å². The first-order chi connectivity index (χ1) is 17.7. The number of hydrogen-bond acceptors (Lipinski definition) is 8. The minimum absolute atomic E-state index is 0.0762. The minimum Gasteiger partial charge on any atom is -0.493 e. The number of aromatic carboxylic acids is 1. The number of nitro groups is 1. The number of carboxylic acids is 1. The number of imide groups is 1. The molecule has 1 saturated heterocycles. The second-order valence-electron chi connectivity index (χ2n) is 7.90. The maximum absolute atomic E-state index is 12.9. The van der Waals surface area contributed by atoms with E-state index in [-0.39, 0.29) is 29.3 Å². The highest BCUT2D eigenvalue weighted by molar-refractivity contribution is 8.18. The Bertz CT molecular complexity index is 1420. The predicted molar refractivity (Wildman–Crippen MR) is 135 cm³/mol. The monoisotopic (exact) mass is 520 g/mol. The van der Waals surface area contributed by atoms with Crippen LogP contribution in [0.2, 0.25) is 0 Å². The summed E-state index contributed by atoms with van der Waals surface area (Å²) in [5, 5.41) is 19.5. The van der Waals surface area contributed by atoms with Crippen molar-refractivity contribution in [2.24, 2.45) is 0 Å². The molecule has 0 unspecified atom stereocenters. The number of carbonyl (C=O) groups is 3. The van der Waals surface area contributed by atoms with Gasteiger partial charge >= 0.3 is 5.97 Å². The van der Waals surface area contributed by atoms with E-state index in [1.54, 1.807) is 42.5 Å². The Balaban J connectivity index is 1.46. The van der Waals surface area contributed by atoms with E-state index >= 15 is 0 Å². The molecule has 0 radical (unpaired) electrons. The van der Waals surface area contributed by atoms with Crippen molar-refractivity contribution < 1.29 is 33.9 Å². The molecule has 1 N–H and O–H groups in total. The van der Waals surface area contributed by atoms with Crippen molar-refractivity contribution >= 4 is 40.6 Å². The number of rotatable bonds is 9. The second kappa shape index (κ2) is 11.0. The standard InChI is InChI=1S/C26H20N2O8S/c1-35-22-12-17(7-10-21(22)36-15-16-5-8-19(9-6-16)25(30)31)13-23-24(29)27(26(32)37-23)14-18-3-2-4-20(11-18)28(33)34/h2-13H,14-15H2,1H3,(H,30,31)/b23-13-. The maximum Gasteiger partial charge on any atom is 0.335 e. The molecule has 37 heavy (non-hydrogen) atoms. The fourth-order valence-corrected chi connectivity index (χ4v) is 4.37. The van der Waals surface area contributed by atoms with E-state index in [2.05, 4.69) is 0 Å². The number of hydrogen-bond donors (Lipinski definition) is 1. The fraction of sp³-hybridized carbons (Fsp3) is 0.115. The summed E-state index contributed by atoms with van der Waals surface area (Å²) in [7, 11) is 1.47. The Morgan fingerprint density at radius 2 is 1.81 bits per heavy atom. The molecule has 1 aliphatic heterocycles. The normalized spacial score (nSPS) is 14.2. The highest BCUT2D eigenvalue weighted by atomic mass is 32.2. The number of benzene rings is 3. The predicted octanol–water partition coefficient (Wildman–Crippen LogP) is 5.12. The quantitative estimate of drug-likeness (QED) is 0.232. The topological polar surface area (TPSA) is 136 Å². The van der Waals surface area contributed by atoms with E-state index in [1.165, 1.54) is 37.4 Å². The van der Waals surface area contributed by atoms with Crippen LogP contribution in [-0.2, 0) is 17.9 Å². The third-order valence-electron chi connectivity index (χ3n) is 5.42. The number of methoxy groups -OCH3 is 1. The van der Waals surface area contributed by atoms with Crippen LogP contribution in [0.1, 0.15) is 27.0 Å². The summed E-state index contributed by atoms with van der Waals surface area (Å²) < 4.78 is 11.2. The molecule has 3 aromatic carbocycles. The van der Waals surface area contributed by atoms with Crippen molar-refractivity contribution in [1.82, 2.24) is 4.90 Å². The maximum atomic E-state index is 12.9. The Morgan fingerprint density at radius 3 is 2.49 bits per heavy atom. The van der Waals surface area contributed by atoms with Crippen LogP contribution in [-0.4, -0.2) is 39.2 Å². The summed E-state index contributed by atoms with van der Waals surface area (Å²) in [6, 6.07) is 17.1. The zero-order valence-electron chi connectivity index (χ0n) is 19.5. The van der Waals surface area contributed by atoms with Gasteiger partial charge in [-0.1, -0.05) is 30.3 Å². The Morgan fingerprint density at radius 1 is 1.05 bits per heavy atom. The van der Waals surface area contributed by atoms with Crippen molar-refractivity contribution in [3.8, 4) is 11.5 Å². The Kier molecular flexibility index (Phi) is 7.54. The fourth-order valence-electron chi connectivity index (χ4n) is 3.54. The van der Waals surface area contributed by atoms with Crippen LogP contribution in [0.4, 0.5) is 10.5 Å². The van der Waals surface area contributed by atoms with Gasteiger partial charge in [-0.2, -0.15) is 0 Å². The number of thioether (sulfide) groups is 1. The summed E-state index contributed by atoms with van der Waals surface area (Å²) in [5.41, 5.74) is 1.91. The van der Waals surface area contributed by atoms with Crippen molar-refractivity contribution in [3.63, 3.8) is 0 Å². The molecule has 0 aromatic heterocycles. The molecule has 11 heteroatoms. The molecule has 0 aliphatic carbocycles. The van der Waals surface area contributed by atoms with Crippen LogP contribution >= 0.6 is 11.8 Å². The zero-order valence-corrected chi connectivity index (χ0v) is 20.3. The highest BCUT2D eigenvalue weighted by Crippen LogP contribution is 2.35. The van der Waals surface area contributed by atoms with E-state index in [0.29, 0.717) is 22.6 Å². The highest BCUT2D eigenvalue weighted by Gasteiger charge is 2.35. The molecule has 1 heterocycles. The summed E-state index contributed by atoms with van der Waals surface area (Å²) >= 11 is 0.786. The van der Waals surface area contributed by atoms with E-state index in [9.17, 15) is 24.5 Å². The van der Waals surface area contributed by atoms with E-state index in [4.69, 9.17) is 14.6 Å². The van der Waals surface area contributed by atoms with Crippen molar-refractivity contribution in [2.75, 3.05) is 7.11 Å². The van der Waals surface area contributed by atoms with Crippen molar-refractivity contribution in [3.05, 3.63) is 104 Å². The van der Waals surface area contributed by atoms with Gasteiger partial charge in [0.05, 0.1) is 29.0 Å². The van der Waals surface area contributed by atoms with Gasteiger partial charge in [0, 0.05) is 12.1 Å². The SMILES string of the molecule is COc1cc(/C=C2\SC(=O)N(Cc3cccc([N+](=O)[O-])c3)C2=O)ccc1OCc1ccc(C(=O)O)cc1. The number of non-ortho nitro benzene ring substituents is 1. The third kappa shape index (κ3) is 5.96. The molecule has 0 bridgehead atoms. The largest absolute Gasteiger partial charge is 0.493 e. The molecular formula is C26H20N2O8S. The molecule has 188 valence electrons. The Labute approximate surface area is 215 Å². The van der Waals surface area contributed by atoms with Gasteiger partial charge in [0.1, 0.15) is 6.61 Å². The first kappa shape index (κ1) is 25.5. The third-order valence-corrected chi connectivity index (χ3v) is 6.32. The molecule has 1 aliphatic rings. The average molecular weight is 521 g/mol. The molecular weight excluding hydrogens is 500 g/mol. The molecule has 0 spiro atoms. The minimum atomic E-state index is -1.01. The van der Waals surface area contributed by atoms with E-state index in [1.807, 2.05) is 0 Å². The van der Waals surface area contributed by atoms with Gasteiger partial charge in [0.15, 0.2) is 11.5 Å². The first-order valence-corrected chi connectivity index (χ1v) is 11.7. The summed E-state index contributed by atoms with van der Waals surface area (Å²) in [4.78, 5) is 48.1. The number of nitrogens with zero attached hydrogens (tertiary/aromatic N) is 2. The summed E-state index contributed by atoms with van der Waals surface area (Å²) in [5.74, 6) is -0.648. The Hall–Kier alpha value is -4.64. The van der Waals surface area contributed by atoms with Crippen LogP contribution in [0.25, 0.3) is 6.08 Å². The smallest absolute Gasteiger partial charge is 0.335 e. The number of nitro benzene ring substituents is 1. The van der Waals surface area contributed by atoms with Crippen LogP contribution in [0.5, 0.6) is 11.5 Å². The lowest BCUT2D eigenvalue weighted by molar-refractivity contribution is -0.384. The lowest BCUT2D eigenvalue weighted by atomic mass is 10.1. The summed E-state index contributed by atoms with van der Waals surface area (Å²) in [6.45, 7) is 0.110. The van der Waals surface area contributed by atoms with Gasteiger partial charge in [0.25, 0.3) is 16.8 Å². The van der Waals surface area contributed by atoms with E-state index < -0.39 is 22.0 Å². The van der Waals surface area contributed by atoms with Gasteiger partial charge in [0.2, 0.25) is 0 Å². The lowest BCUT2D eigenvalue weighted by Crippen LogP contribution is -2.27. The number of ether oxygens (including phenoxy) is 2. The van der Waals surface area contributed by atoms with Crippen LogP contribution in [0.3, 0.4) is 0 Å². The van der Waals surface area contributed by atoms with Gasteiger partial charge in [-0.25, -0.2) is 4.79 Å². The number of carboxylic acid groups (broad SMARTS) is 1. The molecule has 10 nitrogen and oxygen atoms in total. The molecule has 0 atom stereocenters. The number of carbonyl (C=O) groups excluding carboxylic acids is 2. The number of amides is 2. The van der Waals surface area contributed by atoms with Gasteiger partial charge in [-0.05, 0) is 58.8 Å².